The lowest BCUT2D eigenvalue weighted by molar-refractivity contribution is -0.130. The summed E-state index contributed by atoms with van der Waals surface area (Å²) in [6, 6.07) is 11.6. The number of hydrogen-bond donors (Lipinski definition) is 0. The normalized spacial score (nSPS) is 17.4. The molecule has 1 amide bonds. The van der Waals surface area contributed by atoms with Gasteiger partial charge in [0.2, 0.25) is 11.8 Å². The first-order valence-electron chi connectivity index (χ1n) is 8.04. The van der Waals surface area contributed by atoms with Gasteiger partial charge in [0.15, 0.2) is 9.84 Å². The van der Waals surface area contributed by atoms with E-state index < -0.39 is 9.84 Å². The third kappa shape index (κ3) is 4.54. The highest BCUT2D eigenvalue weighted by atomic mass is 32.2. The highest BCUT2D eigenvalue weighted by Crippen LogP contribution is 2.17. The Bertz CT molecular complexity index is 812. The van der Waals surface area contributed by atoms with Crippen LogP contribution in [0.25, 0.3) is 0 Å². The van der Waals surface area contributed by atoms with Crippen molar-refractivity contribution in [3.63, 3.8) is 0 Å². The smallest absolute Gasteiger partial charge is 0.233 e. The van der Waals surface area contributed by atoms with Crippen molar-refractivity contribution in [3.8, 4) is 5.88 Å². The molecule has 1 aromatic carbocycles. The first-order chi connectivity index (χ1) is 12.0. The molecule has 1 fully saturated rings. The van der Waals surface area contributed by atoms with E-state index in [1.807, 2.05) is 0 Å². The second kappa shape index (κ2) is 7.60. The van der Waals surface area contributed by atoms with E-state index in [9.17, 15) is 13.2 Å². The van der Waals surface area contributed by atoms with Crippen LogP contribution in [0.15, 0.2) is 53.6 Å². The van der Waals surface area contributed by atoms with Gasteiger partial charge in [-0.2, -0.15) is 5.10 Å². The molecule has 1 atom stereocenters. The molecule has 0 N–H and O–H groups in total. The summed E-state index contributed by atoms with van der Waals surface area (Å²) < 4.78 is 30.2. The molecular formula is C17H19N3O4S. The average molecular weight is 361 g/mol. The molecule has 0 spiro atoms. The maximum absolute atomic E-state index is 12.3. The minimum atomic E-state index is -3.44. The number of nitrogens with zero attached hydrogens (tertiary/aromatic N) is 3. The maximum Gasteiger partial charge on any atom is 0.233 e. The van der Waals surface area contributed by atoms with Gasteiger partial charge in [0.05, 0.1) is 17.2 Å². The Morgan fingerprint density at radius 1 is 1.20 bits per heavy atom. The summed E-state index contributed by atoms with van der Waals surface area (Å²) in [7, 11) is -3.44. The molecule has 0 bridgehead atoms. The molecule has 1 unspecified atom stereocenters. The summed E-state index contributed by atoms with van der Waals surface area (Å²) in [5, 5.41) is 7.60. The Morgan fingerprint density at radius 3 is 2.72 bits per heavy atom. The van der Waals surface area contributed by atoms with Crippen molar-refractivity contribution in [2.75, 3.05) is 18.8 Å². The summed E-state index contributed by atoms with van der Waals surface area (Å²) in [4.78, 5) is 14.2. The Kier molecular flexibility index (Phi) is 5.28. The van der Waals surface area contributed by atoms with Crippen molar-refractivity contribution in [2.24, 2.45) is 0 Å². The number of carbonyl (C=O) groups excluding carboxylic acids is 1. The maximum atomic E-state index is 12.3. The zero-order chi connectivity index (χ0) is 17.7. The summed E-state index contributed by atoms with van der Waals surface area (Å²) >= 11 is 0. The van der Waals surface area contributed by atoms with Gasteiger partial charge in [-0.15, -0.1) is 5.10 Å². The number of rotatable bonds is 6. The molecule has 1 aliphatic rings. The van der Waals surface area contributed by atoms with Crippen molar-refractivity contribution in [1.29, 1.82) is 0 Å². The van der Waals surface area contributed by atoms with Crippen molar-refractivity contribution in [1.82, 2.24) is 15.1 Å². The minimum absolute atomic E-state index is 0.0326. The van der Waals surface area contributed by atoms with Gasteiger partial charge in [0.1, 0.15) is 6.10 Å². The number of amides is 1. The molecule has 1 aromatic heterocycles. The number of carbonyl (C=O) groups is 1. The van der Waals surface area contributed by atoms with E-state index in [1.165, 1.54) is 0 Å². The van der Waals surface area contributed by atoms with Crippen LogP contribution >= 0.6 is 0 Å². The van der Waals surface area contributed by atoms with Crippen LogP contribution in [0.1, 0.15) is 12.8 Å². The fraction of sp³-hybridized carbons (Fsp3) is 0.353. The van der Waals surface area contributed by atoms with E-state index in [2.05, 4.69) is 10.2 Å². The van der Waals surface area contributed by atoms with Crippen LogP contribution in [0.2, 0.25) is 0 Å². The molecule has 2 aromatic rings. The Labute approximate surface area is 146 Å². The van der Waals surface area contributed by atoms with Crippen molar-refractivity contribution in [2.45, 2.75) is 23.8 Å². The van der Waals surface area contributed by atoms with Gasteiger partial charge in [0, 0.05) is 31.6 Å². The van der Waals surface area contributed by atoms with Gasteiger partial charge in [-0.1, -0.05) is 18.2 Å². The number of hydrogen-bond acceptors (Lipinski definition) is 6. The fourth-order valence-corrected chi connectivity index (χ4v) is 3.95. The highest BCUT2D eigenvalue weighted by molar-refractivity contribution is 7.91. The molecule has 2 heterocycles. The van der Waals surface area contributed by atoms with Gasteiger partial charge in [-0.05, 0) is 18.2 Å². The van der Waals surface area contributed by atoms with Crippen molar-refractivity contribution < 1.29 is 17.9 Å². The zero-order valence-electron chi connectivity index (χ0n) is 13.6. The number of sulfone groups is 1. The summed E-state index contributed by atoms with van der Waals surface area (Å²) in [6.45, 7) is 0.982. The van der Waals surface area contributed by atoms with Gasteiger partial charge < -0.3 is 9.64 Å². The highest BCUT2D eigenvalue weighted by Gasteiger charge is 2.28. The van der Waals surface area contributed by atoms with Crippen LogP contribution in [-0.4, -0.2) is 54.4 Å². The summed E-state index contributed by atoms with van der Waals surface area (Å²) in [6.07, 6.45) is 2.07. The van der Waals surface area contributed by atoms with Crippen LogP contribution in [-0.2, 0) is 14.6 Å². The molecule has 1 saturated heterocycles. The third-order valence-electron chi connectivity index (χ3n) is 4.02. The molecular weight excluding hydrogens is 342 g/mol. The van der Waals surface area contributed by atoms with E-state index in [-0.39, 0.29) is 29.1 Å². The first kappa shape index (κ1) is 17.3. The number of likely N-dealkylation sites (tertiary alicyclic amines) is 1. The average Bonchev–Trinajstić information content (AvgIpc) is 3.10. The van der Waals surface area contributed by atoms with Crippen molar-refractivity contribution in [3.05, 3.63) is 48.7 Å². The zero-order valence-corrected chi connectivity index (χ0v) is 14.4. The van der Waals surface area contributed by atoms with Gasteiger partial charge in [0.25, 0.3) is 0 Å². The SMILES string of the molecule is O=C(CCS(=O)(=O)c1ccccc1)N1CCC(Oc2cccnn2)C1. The van der Waals surface area contributed by atoms with E-state index in [0.717, 1.165) is 0 Å². The fourth-order valence-electron chi connectivity index (χ4n) is 2.70. The van der Waals surface area contributed by atoms with Crippen molar-refractivity contribution >= 4 is 15.7 Å². The first-order valence-corrected chi connectivity index (χ1v) is 9.70. The van der Waals surface area contributed by atoms with Crippen LogP contribution in [0, 0.1) is 0 Å². The van der Waals surface area contributed by atoms with Crippen LogP contribution < -0.4 is 4.74 Å². The Morgan fingerprint density at radius 2 is 2.00 bits per heavy atom. The number of ether oxygens (including phenoxy) is 1. The predicted molar refractivity (Wildman–Crippen MR) is 90.8 cm³/mol. The van der Waals surface area contributed by atoms with Gasteiger partial charge >= 0.3 is 0 Å². The Hall–Kier alpha value is -2.48. The summed E-state index contributed by atoms with van der Waals surface area (Å²) in [5.41, 5.74) is 0. The topological polar surface area (TPSA) is 89.5 Å². The summed E-state index contributed by atoms with van der Waals surface area (Å²) in [5.74, 6) is 0.0559. The monoisotopic (exact) mass is 361 g/mol. The number of benzene rings is 1. The molecule has 8 heteroatoms. The quantitative estimate of drug-likeness (QED) is 0.771. The van der Waals surface area contributed by atoms with Crippen LogP contribution in [0.5, 0.6) is 5.88 Å². The molecule has 0 saturated carbocycles. The number of aromatic nitrogens is 2. The second-order valence-corrected chi connectivity index (χ2v) is 7.92. The van der Waals surface area contributed by atoms with Gasteiger partial charge in [-0.3, -0.25) is 4.79 Å². The van der Waals surface area contributed by atoms with Crippen LogP contribution in [0.4, 0.5) is 0 Å². The predicted octanol–water partition coefficient (Wildman–Crippen LogP) is 1.32. The molecule has 3 rings (SSSR count). The third-order valence-corrected chi connectivity index (χ3v) is 5.75. The molecule has 7 nitrogen and oxygen atoms in total. The minimum Gasteiger partial charge on any atom is -0.471 e. The largest absolute Gasteiger partial charge is 0.471 e. The van der Waals surface area contributed by atoms with E-state index in [0.29, 0.717) is 25.4 Å². The lowest BCUT2D eigenvalue weighted by atomic mass is 10.3. The molecule has 132 valence electrons. The van der Waals surface area contributed by atoms with Crippen LogP contribution in [0.3, 0.4) is 0 Å². The molecule has 0 aliphatic carbocycles. The van der Waals surface area contributed by atoms with Gasteiger partial charge in [-0.25, -0.2) is 8.42 Å². The molecule has 25 heavy (non-hydrogen) atoms. The van der Waals surface area contributed by atoms with E-state index in [1.54, 1.807) is 53.6 Å². The lowest BCUT2D eigenvalue weighted by Crippen LogP contribution is -2.32. The molecule has 1 aliphatic heterocycles. The van der Waals surface area contributed by atoms with E-state index in [4.69, 9.17) is 4.74 Å². The second-order valence-electron chi connectivity index (χ2n) is 5.81. The molecule has 0 radical (unpaired) electrons. The van der Waals surface area contributed by atoms with E-state index >= 15 is 0 Å². The Balaban J connectivity index is 1.51. The lowest BCUT2D eigenvalue weighted by Gasteiger charge is -2.17. The standard InChI is InChI=1S/C17H19N3O4S/c21-17(9-12-25(22,23)15-5-2-1-3-6-15)20-11-8-14(13-20)24-16-7-4-10-18-19-16/h1-7,10,14H,8-9,11-13H2.